The van der Waals surface area contributed by atoms with Crippen LogP contribution in [-0.4, -0.2) is 33.2 Å². The zero-order valence-electron chi connectivity index (χ0n) is 12.1. The van der Waals surface area contributed by atoms with Gasteiger partial charge in [0.25, 0.3) is 0 Å². The summed E-state index contributed by atoms with van der Waals surface area (Å²) in [6, 6.07) is 5.06. The molecule has 1 rings (SSSR count). The van der Waals surface area contributed by atoms with E-state index in [0.29, 0.717) is 0 Å². The summed E-state index contributed by atoms with van der Waals surface area (Å²) in [7, 11) is -3.94. The van der Waals surface area contributed by atoms with Gasteiger partial charge in [0.15, 0.2) is 0 Å². The first-order valence-electron chi connectivity index (χ1n) is 6.33. The molecule has 0 spiro atoms. The van der Waals surface area contributed by atoms with Crippen molar-refractivity contribution >= 4 is 16.1 Å². The van der Waals surface area contributed by atoms with Crippen LogP contribution < -0.4 is 10.0 Å². The summed E-state index contributed by atoms with van der Waals surface area (Å²) in [6.45, 7) is 5.10. The van der Waals surface area contributed by atoms with E-state index in [0.717, 1.165) is 6.07 Å². The quantitative estimate of drug-likeness (QED) is 0.808. The maximum absolute atomic E-state index is 13.4. The third-order valence-electron chi connectivity index (χ3n) is 2.21. The van der Waals surface area contributed by atoms with Crippen LogP contribution in [0.15, 0.2) is 29.2 Å². The van der Waals surface area contributed by atoms with Gasteiger partial charge < -0.3 is 10.1 Å². The molecule has 1 aromatic carbocycles. The van der Waals surface area contributed by atoms with E-state index in [1.54, 1.807) is 20.8 Å². The van der Waals surface area contributed by atoms with Crippen molar-refractivity contribution in [1.29, 1.82) is 0 Å². The lowest BCUT2D eigenvalue weighted by Crippen LogP contribution is -2.38. The summed E-state index contributed by atoms with van der Waals surface area (Å²) in [4.78, 5) is 10.9. The molecule has 0 atom stereocenters. The van der Waals surface area contributed by atoms with Gasteiger partial charge in [-0.2, -0.15) is 0 Å². The van der Waals surface area contributed by atoms with E-state index in [1.807, 2.05) is 0 Å². The fourth-order valence-corrected chi connectivity index (χ4v) is 2.51. The highest BCUT2D eigenvalue weighted by molar-refractivity contribution is 7.89. The fourth-order valence-electron chi connectivity index (χ4n) is 1.40. The molecule has 1 amide bonds. The van der Waals surface area contributed by atoms with E-state index in [9.17, 15) is 17.6 Å². The van der Waals surface area contributed by atoms with Gasteiger partial charge >= 0.3 is 6.09 Å². The van der Waals surface area contributed by atoms with Crippen molar-refractivity contribution in [3.8, 4) is 0 Å². The van der Waals surface area contributed by atoms with Crippen LogP contribution in [0.2, 0.25) is 0 Å². The van der Waals surface area contributed by atoms with Crippen LogP contribution >= 0.6 is 0 Å². The van der Waals surface area contributed by atoms with Gasteiger partial charge in [0.1, 0.15) is 16.3 Å². The van der Waals surface area contributed by atoms with Crippen LogP contribution in [0.25, 0.3) is 0 Å². The highest BCUT2D eigenvalue weighted by atomic mass is 32.2. The Bertz CT molecular complexity index is 596. The second-order valence-electron chi connectivity index (χ2n) is 5.26. The Labute approximate surface area is 123 Å². The summed E-state index contributed by atoms with van der Waals surface area (Å²) in [5, 5.41) is 2.40. The van der Waals surface area contributed by atoms with Crippen LogP contribution in [0.4, 0.5) is 9.18 Å². The summed E-state index contributed by atoms with van der Waals surface area (Å²) in [6.07, 6.45) is -0.646. The van der Waals surface area contributed by atoms with E-state index in [1.165, 1.54) is 18.2 Å². The number of sulfonamides is 1. The van der Waals surface area contributed by atoms with Crippen LogP contribution in [0.3, 0.4) is 0 Å². The Hall–Kier alpha value is -1.67. The van der Waals surface area contributed by atoms with E-state index < -0.39 is 32.4 Å². The maximum atomic E-state index is 13.4. The predicted octanol–water partition coefficient (Wildman–Crippen LogP) is 1.63. The first-order chi connectivity index (χ1) is 9.62. The van der Waals surface area contributed by atoms with Crippen molar-refractivity contribution in [3.63, 3.8) is 0 Å². The Morgan fingerprint density at radius 1 is 1.24 bits per heavy atom. The lowest BCUT2D eigenvalue weighted by atomic mass is 10.2. The number of alkyl carbamates (subject to hydrolysis) is 1. The number of amides is 1. The highest BCUT2D eigenvalue weighted by Crippen LogP contribution is 2.12. The molecule has 0 heterocycles. The molecule has 0 aliphatic rings. The first kappa shape index (κ1) is 17.4. The number of carbonyl (C=O) groups is 1. The number of rotatable bonds is 5. The largest absolute Gasteiger partial charge is 0.444 e. The van der Waals surface area contributed by atoms with Gasteiger partial charge in [-0.05, 0) is 32.9 Å². The van der Waals surface area contributed by atoms with Crippen LogP contribution in [0.5, 0.6) is 0 Å². The lowest BCUT2D eigenvalue weighted by molar-refractivity contribution is 0.0529. The minimum atomic E-state index is -3.94. The standard InChI is InChI=1S/C13H19FN2O4S/c1-13(2,3)20-12(17)15-8-9-16-21(18,19)11-7-5-4-6-10(11)14/h4-7,16H,8-9H2,1-3H3,(H,15,17). The van der Waals surface area contributed by atoms with Crippen LogP contribution in [0.1, 0.15) is 20.8 Å². The van der Waals surface area contributed by atoms with Gasteiger partial charge in [-0.15, -0.1) is 0 Å². The van der Waals surface area contributed by atoms with Gasteiger partial charge in [0.05, 0.1) is 0 Å². The second kappa shape index (κ2) is 6.86. The van der Waals surface area contributed by atoms with Crippen molar-refractivity contribution in [2.75, 3.05) is 13.1 Å². The van der Waals surface area contributed by atoms with Gasteiger partial charge in [0.2, 0.25) is 10.0 Å². The molecule has 8 heteroatoms. The number of carbonyl (C=O) groups excluding carboxylic acids is 1. The Kier molecular flexibility index (Phi) is 5.68. The van der Waals surface area contributed by atoms with E-state index in [2.05, 4.69) is 10.0 Å². The van der Waals surface area contributed by atoms with E-state index >= 15 is 0 Å². The molecule has 0 aliphatic heterocycles. The van der Waals surface area contributed by atoms with Gasteiger partial charge in [0, 0.05) is 13.1 Å². The Morgan fingerprint density at radius 2 is 1.86 bits per heavy atom. The molecule has 0 saturated carbocycles. The molecule has 2 N–H and O–H groups in total. The number of hydrogen-bond donors (Lipinski definition) is 2. The molecule has 0 bridgehead atoms. The third-order valence-corrected chi connectivity index (χ3v) is 3.71. The summed E-state index contributed by atoms with van der Waals surface area (Å²) in [5.41, 5.74) is -0.628. The molecule has 21 heavy (non-hydrogen) atoms. The normalized spacial score (nSPS) is 12.0. The molecule has 0 fully saturated rings. The van der Waals surface area contributed by atoms with Gasteiger partial charge in [-0.25, -0.2) is 22.3 Å². The molecule has 0 aliphatic carbocycles. The third kappa shape index (κ3) is 6.09. The molecule has 0 radical (unpaired) electrons. The first-order valence-corrected chi connectivity index (χ1v) is 7.81. The molecule has 118 valence electrons. The fraction of sp³-hybridized carbons (Fsp3) is 0.462. The average Bonchev–Trinajstić information content (AvgIpc) is 2.33. The van der Waals surface area contributed by atoms with Crippen molar-refractivity contribution in [3.05, 3.63) is 30.1 Å². The van der Waals surface area contributed by atoms with E-state index in [4.69, 9.17) is 4.74 Å². The second-order valence-corrected chi connectivity index (χ2v) is 6.99. The zero-order valence-corrected chi connectivity index (χ0v) is 13.0. The van der Waals surface area contributed by atoms with Crippen molar-refractivity contribution in [2.45, 2.75) is 31.3 Å². The highest BCUT2D eigenvalue weighted by Gasteiger charge is 2.18. The Morgan fingerprint density at radius 3 is 2.43 bits per heavy atom. The summed E-state index contributed by atoms with van der Waals surface area (Å²) < 4.78 is 44.2. The van der Waals surface area contributed by atoms with Crippen LogP contribution in [-0.2, 0) is 14.8 Å². The number of ether oxygens (including phenoxy) is 1. The van der Waals surface area contributed by atoms with Crippen LogP contribution in [0, 0.1) is 5.82 Å². The zero-order chi connectivity index (χ0) is 16.1. The minimum absolute atomic E-state index is 0.0304. The summed E-state index contributed by atoms with van der Waals surface area (Å²) in [5.74, 6) is -0.829. The number of benzene rings is 1. The van der Waals surface area contributed by atoms with Crippen molar-refractivity contribution in [1.82, 2.24) is 10.0 Å². The monoisotopic (exact) mass is 318 g/mol. The molecular formula is C13H19FN2O4S. The minimum Gasteiger partial charge on any atom is -0.444 e. The Balaban J connectivity index is 2.46. The van der Waals surface area contributed by atoms with Crippen molar-refractivity contribution in [2.24, 2.45) is 0 Å². The summed E-state index contributed by atoms with van der Waals surface area (Å²) >= 11 is 0. The average molecular weight is 318 g/mol. The maximum Gasteiger partial charge on any atom is 0.407 e. The molecular weight excluding hydrogens is 299 g/mol. The number of hydrogen-bond acceptors (Lipinski definition) is 4. The van der Waals surface area contributed by atoms with E-state index in [-0.39, 0.29) is 13.1 Å². The molecule has 0 unspecified atom stereocenters. The number of halogens is 1. The van der Waals surface area contributed by atoms with Gasteiger partial charge in [-0.1, -0.05) is 12.1 Å². The van der Waals surface area contributed by atoms with Crippen molar-refractivity contribution < 1.29 is 22.3 Å². The SMILES string of the molecule is CC(C)(C)OC(=O)NCCNS(=O)(=O)c1ccccc1F. The molecule has 6 nitrogen and oxygen atoms in total. The number of nitrogens with one attached hydrogen (secondary N) is 2. The lowest BCUT2D eigenvalue weighted by Gasteiger charge is -2.19. The molecule has 0 aromatic heterocycles. The van der Waals surface area contributed by atoms with Gasteiger partial charge in [-0.3, -0.25) is 0 Å². The predicted molar refractivity (Wildman–Crippen MR) is 75.8 cm³/mol. The smallest absolute Gasteiger partial charge is 0.407 e. The molecule has 0 saturated heterocycles. The topological polar surface area (TPSA) is 84.5 Å². The molecule has 1 aromatic rings.